The van der Waals surface area contributed by atoms with Crippen LogP contribution in [0.1, 0.15) is 39.5 Å². The third-order valence-corrected chi connectivity index (χ3v) is 2.75. The zero-order valence-electron chi connectivity index (χ0n) is 8.01. The van der Waals surface area contributed by atoms with Crippen molar-refractivity contribution < 1.29 is 9.53 Å². The van der Waals surface area contributed by atoms with Crippen molar-refractivity contribution >= 4 is 5.97 Å². The van der Waals surface area contributed by atoms with Gasteiger partial charge in [-0.2, -0.15) is 0 Å². The molecule has 0 radical (unpaired) electrons. The fourth-order valence-electron chi connectivity index (χ4n) is 1.91. The van der Waals surface area contributed by atoms with Crippen LogP contribution in [0.25, 0.3) is 0 Å². The van der Waals surface area contributed by atoms with Gasteiger partial charge < -0.3 is 4.74 Å². The highest BCUT2D eigenvalue weighted by Crippen LogP contribution is 2.31. The molecule has 1 unspecified atom stereocenters. The monoisotopic (exact) mass is 170 g/mol. The lowest BCUT2D eigenvalue weighted by Crippen LogP contribution is -2.16. The van der Waals surface area contributed by atoms with Gasteiger partial charge in [-0.25, -0.2) is 0 Å². The Bertz CT molecular complexity index is 148. The molecular weight excluding hydrogens is 152 g/mol. The van der Waals surface area contributed by atoms with Crippen molar-refractivity contribution in [2.24, 2.45) is 11.8 Å². The average molecular weight is 170 g/mol. The number of hydrogen-bond acceptors (Lipinski definition) is 2. The van der Waals surface area contributed by atoms with Gasteiger partial charge in [0.15, 0.2) is 0 Å². The van der Waals surface area contributed by atoms with E-state index < -0.39 is 0 Å². The summed E-state index contributed by atoms with van der Waals surface area (Å²) in [7, 11) is 0. The number of rotatable bonds is 3. The van der Waals surface area contributed by atoms with Gasteiger partial charge in [-0.15, -0.1) is 0 Å². The zero-order chi connectivity index (χ0) is 8.97. The molecular formula is C10H18O2. The average Bonchev–Trinajstić information content (AvgIpc) is 2.51. The smallest absolute Gasteiger partial charge is 0.302 e. The predicted octanol–water partition coefficient (Wildman–Crippen LogP) is 2.38. The summed E-state index contributed by atoms with van der Waals surface area (Å²) in [6.07, 6.45) is 5.36. The summed E-state index contributed by atoms with van der Waals surface area (Å²) in [6.45, 7) is 4.26. The molecule has 0 heterocycles. The van der Waals surface area contributed by atoms with Crippen LogP contribution in [0, 0.1) is 11.8 Å². The summed E-state index contributed by atoms with van der Waals surface area (Å²) in [5.41, 5.74) is 0. The number of hydrogen-bond donors (Lipinski definition) is 0. The summed E-state index contributed by atoms with van der Waals surface area (Å²) in [5, 5.41) is 0. The van der Waals surface area contributed by atoms with E-state index in [2.05, 4.69) is 6.92 Å². The molecule has 12 heavy (non-hydrogen) atoms. The van der Waals surface area contributed by atoms with Crippen molar-refractivity contribution in [3.05, 3.63) is 0 Å². The number of carbonyl (C=O) groups excluding carboxylic acids is 1. The van der Waals surface area contributed by atoms with Crippen LogP contribution in [0.3, 0.4) is 0 Å². The fraction of sp³-hybridized carbons (Fsp3) is 0.900. The van der Waals surface area contributed by atoms with Crippen LogP contribution in [0.5, 0.6) is 0 Å². The lowest BCUT2D eigenvalue weighted by Gasteiger charge is -2.17. The van der Waals surface area contributed by atoms with E-state index in [-0.39, 0.29) is 5.97 Å². The van der Waals surface area contributed by atoms with Crippen molar-refractivity contribution in [1.82, 2.24) is 0 Å². The summed E-state index contributed by atoms with van der Waals surface area (Å²) in [5.74, 6) is 1.19. The van der Waals surface area contributed by atoms with Crippen LogP contribution >= 0.6 is 0 Å². The van der Waals surface area contributed by atoms with Gasteiger partial charge in [0.2, 0.25) is 0 Å². The van der Waals surface area contributed by atoms with Gasteiger partial charge in [-0.1, -0.05) is 32.6 Å². The molecule has 1 aliphatic rings. The minimum atomic E-state index is -0.153. The Hall–Kier alpha value is -0.530. The summed E-state index contributed by atoms with van der Waals surface area (Å²) < 4.78 is 4.98. The van der Waals surface area contributed by atoms with E-state index >= 15 is 0 Å². The Morgan fingerprint density at radius 2 is 2.08 bits per heavy atom. The van der Waals surface area contributed by atoms with Crippen LogP contribution in [-0.2, 0) is 9.53 Å². The third kappa shape index (κ3) is 2.84. The van der Waals surface area contributed by atoms with Gasteiger partial charge in [0.25, 0.3) is 0 Å². The Labute approximate surface area is 74.3 Å². The fourth-order valence-corrected chi connectivity index (χ4v) is 1.91. The molecule has 0 aromatic carbocycles. The lowest BCUT2D eigenvalue weighted by molar-refractivity contribution is -0.142. The number of esters is 1. The molecule has 1 fully saturated rings. The Morgan fingerprint density at radius 3 is 2.58 bits per heavy atom. The van der Waals surface area contributed by atoms with Crippen LogP contribution in [0.15, 0.2) is 0 Å². The molecule has 1 rings (SSSR count). The summed E-state index contributed by atoms with van der Waals surface area (Å²) >= 11 is 0. The van der Waals surface area contributed by atoms with Crippen LogP contribution in [0.2, 0.25) is 0 Å². The van der Waals surface area contributed by atoms with Gasteiger partial charge in [-0.05, 0) is 11.8 Å². The highest BCUT2D eigenvalue weighted by atomic mass is 16.5. The van der Waals surface area contributed by atoms with E-state index in [1.165, 1.54) is 32.6 Å². The minimum Gasteiger partial charge on any atom is -0.466 e. The molecule has 1 atom stereocenters. The molecule has 0 N–H and O–H groups in total. The van der Waals surface area contributed by atoms with Gasteiger partial charge in [0, 0.05) is 6.92 Å². The normalized spacial score (nSPS) is 20.8. The summed E-state index contributed by atoms with van der Waals surface area (Å²) in [6, 6.07) is 0. The van der Waals surface area contributed by atoms with Gasteiger partial charge >= 0.3 is 5.97 Å². The molecule has 2 nitrogen and oxygen atoms in total. The largest absolute Gasteiger partial charge is 0.466 e. The maximum atomic E-state index is 10.5. The molecule has 1 aliphatic carbocycles. The molecule has 0 aliphatic heterocycles. The van der Waals surface area contributed by atoms with E-state index in [9.17, 15) is 4.79 Å². The van der Waals surface area contributed by atoms with Crippen molar-refractivity contribution in [2.75, 3.05) is 6.61 Å². The standard InChI is InChI=1S/C10H18O2/c1-8(7-12-9(2)11)10-5-3-4-6-10/h8,10H,3-7H2,1-2H3. The van der Waals surface area contributed by atoms with Crippen molar-refractivity contribution in [2.45, 2.75) is 39.5 Å². The molecule has 70 valence electrons. The lowest BCUT2D eigenvalue weighted by atomic mass is 9.93. The minimum absolute atomic E-state index is 0.153. The first-order chi connectivity index (χ1) is 5.70. The van der Waals surface area contributed by atoms with Crippen LogP contribution < -0.4 is 0 Å². The van der Waals surface area contributed by atoms with E-state index in [1.54, 1.807) is 0 Å². The second kappa shape index (κ2) is 4.48. The Balaban J connectivity index is 2.17. The van der Waals surface area contributed by atoms with Gasteiger partial charge in [0.05, 0.1) is 6.61 Å². The summed E-state index contributed by atoms with van der Waals surface area (Å²) in [4.78, 5) is 10.5. The molecule has 0 spiro atoms. The molecule has 0 bridgehead atoms. The van der Waals surface area contributed by atoms with E-state index in [1.807, 2.05) is 0 Å². The highest BCUT2D eigenvalue weighted by molar-refractivity contribution is 5.65. The van der Waals surface area contributed by atoms with Crippen LogP contribution in [0.4, 0.5) is 0 Å². The van der Waals surface area contributed by atoms with Crippen molar-refractivity contribution in [1.29, 1.82) is 0 Å². The maximum Gasteiger partial charge on any atom is 0.302 e. The Morgan fingerprint density at radius 1 is 1.50 bits per heavy atom. The molecule has 0 aromatic heterocycles. The van der Waals surface area contributed by atoms with Crippen molar-refractivity contribution in [3.63, 3.8) is 0 Å². The second-order valence-corrected chi connectivity index (χ2v) is 3.82. The van der Waals surface area contributed by atoms with Crippen LogP contribution in [-0.4, -0.2) is 12.6 Å². The number of ether oxygens (including phenoxy) is 1. The molecule has 0 aromatic rings. The van der Waals surface area contributed by atoms with E-state index in [0.29, 0.717) is 12.5 Å². The second-order valence-electron chi connectivity index (χ2n) is 3.82. The van der Waals surface area contributed by atoms with E-state index in [0.717, 1.165) is 5.92 Å². The first kappa shape index (κ1) is 9.56. The maximum absolute atomic E-state index is 10.5. The topological polar surface area (TPSA) is 26.3 Å². The predicted molar refractivity (Wildman–Crippen MR) is 47.8 cm³/mol. The highest BCUT2D eigenvalue weighted by Gasteiger charge is 2.21. The molecule has 2 heteroatoms. The molecule has 1 saturated carbocycles. The molecule has 0 saturated heterocycles. The SMILES string of the molecule is CC(=O)OCC(C)C1CCCC1. The number of carbonyl (C=O) groups is 1. The molecule has 0 amide bonds. The quantitative estimate of drug-likeness (QED) is 0.608. The first-order valence-electron chi connectivity index (χ1n) is 4.83. The van der Waals surface area contributed by atoms with Crippen molar-refractivity contribution in [3.8, 4) is 0 Å². The van der Waals surface area contributed by atoms with Gasteiger partial charge in [-0.3, -0.25) is 4.79 Å². The first-order valence-corrected chi connectivity index (χ1v) is 4.83. The van der Waals surface area contributed by atoms with E-state index in [4.69, 9.17) is 4.74 Å². The Kier molecular flexibility index (Phi) is 3.57. The van der Waals surface area contributed by atoms with Gasteiger partial charge in [0.1, 0.15) is 0 Å². The third-order valence-electron chi connectivity index (χ3n) is 2.75. The zero-order valence-corrected chi connectivity index (χ0v) is 8.01.